The molecule has 3 rings (SSSR count). The van der Waals surface area contributed by atoms with Crippen LogP contribution in [0, 0.1) is 23.3 Å². The highest BCUT2D eigenvalue weighted by Crippen LogP contribution is 2.28. The van der Waals surface area contributed by atoms with E-state index < -0.39 is 46.3 Å². The van der Waals surface area contributed by atoms with Crippen LogP contribution in [0.2, 0.25) is 0 Å². The topological polar surface area (TPSA) is 65.2 Å². The molecule has 0 saturated carbocycles. The van der Waals surface area contributed by atoms with Crippen LogP contribution in [0.5, 0.6) is 0 Å². The summed E-state index contributed by atoms with van der Waals surface area (Å²) in [4.78, 5) is 28.4. The molecule has 0 fully saturated rings. The highest BCUT2D eigenvalue weighted by molar-refractivity contribution is 5.91. The summed E-state index contributed by atoms with van der Waals surface area (Å²) in [6.07, 6.45) is 1.33. The molecule has 5 nitrogen and oxygen atoms in total. The molecule has 1 aromatic heterocycles. The van der Waals surface area contributed by atoms with Crippen molar-refractivity contribution in [1.29, 1.82) is 0 Å². The number of nitrogens with zero attached hydrogens (tertiary/aromatic N) is 1. The van der Waals surface area contributed by atoms with Crippen molar-refractivity contribution in [3.63, 3.8) is 0 Å². The highest BCUT2D eigenvalue weighted by Gasteiger charge is 2.24. The third kappa shape index (κ3) is 3.80. The van der Waals surface area contributed by atoms with Crippen molar-refractivity contribution in [3.8, 4) is 0 Å². The van der Waals surface area contributed by atoms with Crippen LogP contribution in [0.3, 0.4) is 0 Å². The minimum atomic E-state index is -1.27. The zero-order chi connectivity index (χ0) is 21.3. The summed E-state index contributed by atoms with van der Waals surface area (Å²) < 4.78 is 54.2. The van der Waals surface area contributed by atoms with Crippen molar-refractivity contribution < 1.29 is 22.4 Å². The van der Waals surface area contributed by atoms with E-state index in [2.05, 4.69) is 10.3 Å². The van der Waals surface area contributed by atoms with Gasteiger partial charge in [0.2, 0.25) is 0 Å². The van der Waals surface area contributed by atoms with Gasteiger partial charge in [0.05, 0.1) is 11.4 Å². The van der Waals surface area contributed by atoms with Crippen LogP contribution in [-0.4, -0.2) is 22.5 Å². The number of aromatic nitrogens is 1. The fourth-order valence-corrected chi connectivity index (χ4v) is 3.18. The molecule has 0 bridgehead atoms. The summed E-state index contributed by atoms with van der Waals surface area (Å²) in [7, 11) is 0. The van der Waals surface area contributed by atoms with Gasteiger partial charge < -0.3 is 15.2 Å². The third-order valence-corrected chi connectivity index (χ3v) is 4.68. The molecule has 0 spiro atoms. The van der Waals surface area contributed by atoms with Crippen LogP contribution in [0.4, 0.5) is 28.0 Å². The molecule has 3 aromatic rings. The Balaban J connectivity index is 1.97. The lowest BCUT2D eigenvalue weighted by Gasteiger charge is -2.29. The molecule has 9 heteroatoms. The number of urea groups is 1. The summed E-state index contributed by atoms with van der Waals surface area (Å²) >= 11 is 0. The number of anilines is 1. The Morgan fingerprint density at radius 1 is 1.10 bits per heavy atom. The maximum absolute atomic E-state index is 14.1. The number of benzene rings is 2. The normalized spacial score (nSPS) is 12.1. The largest absolute Gasteiger partial charge is 0.328 e. The lowest BCUT2D eigenvalue weighted by molar-refractivity contribution is 0.197. The number of halogens is 4. The molecule has 2 amide bonds. The van der Waals surface area contributed by atoms with Gasteiger partial charge in [0.25, 0.3) is 5.56 Å². The van der Waals surface area contributed by atoms with E-state index in [4.69, 9.17) is 0 Å². The van der Waals surface area contributed by atoms with E-state index in [9.17, 15) is 27.2 Å². The van der Waals surface area contributed by atoms with Gasteiger partial charge in [-0.3, -0.25) is 4.79 Å². The molecular formula is C20H17F4N3O2. The number of aromatic amines is 1. The monoisotopic (exact) mass is 407 g/mol. The molecule has 1 atom stereocenters. The van der Waals surface area contributed by atoms with Crippen LogP contribution in [0.15, 0.2) is 41.3 Å². The smallest absolute Gasteiger partial charge is 0.322 e. The van der Waals surface area contributed by atoms with Crippen molar-refractivity contribution >= 4 is 22.5 Å². The lowest BCUT2D eigenvalue weighted by atomic mass is 10.0. The van der Waals surface area contributed by atoms with Gasteiger partial charge in [0.15, 0.2) is 23.3 Å². The standard InChI is InChI=1S/C20H17F4N3O2/c1-3-27(20(29)26-11-4-6-14(21)16(23)8-11)10(2)13-9-25-19(28)17-12(13)5-7-15(22)18(17)24/h4-10H,3H2,1-2H3,(H,25,28)(H,26,29). The molecule has 1 unspecified atom stereocenters. The quantitative estimate of drug-likeness (QED) is 0.616. The van der Waals surface area contributed by atoms with Crippen LogP contribution >= 0.6 is 0 Å². The van der Waals surface area contributed by atoms with E-state index in [0.29, 0.717) is 5.56 Å². The summed E-state index contributed by atoms with van der Waals surface area (Å²) in [5.41, 5.74) is -0.345. The predicted molar refractivity (Wildman–Crippen MR) is 101 cm³/mol. The highest BCUT2D eigenvalue weighted by atomic mass is 19.2. The number of carbonyl (C=O) groups is 1. The zero-order valence-corrected chi connectivity index (χ0v) is 15.5. The summed E-state index contributed by atoms with van der Waals surface area (Å²) in [6.45, 7) is 3.54. The lowest BCUT2D eigenvalue weighted by Crippen LogP contribution is -2.37. The molecule has 2 aromatic carbocycles. The van der Waals surface area contributed by atoms with Gasteiger partial charge in [0, 0.05) is 24.5 Å². The fourth-order valence-electron chi connectivity index (χ4n) is 3.18. The number of amides is 2. The van der Waals surface area contributed by atoms with Crippen LogP contribution in [0.1, 0.15) is 25.5 Å². The number of fused-ring (bicyclic) bond motifs is 1. The first-order valence-electron chi connectivity index (χ1n) is 8.76. The van der Waals surface area contributed by atoms with Gasteiger partial charge >= 0.3 is 6.03 Å². The Hall–Kier alpha value is -3.36. The maximum Gasteiger partial charge on any atom is 0.322 e. The van der Waals surface area contributed by atoms with E-state index in [1.165, 1.54) is 23.2 Å². The number of carbonyl (C=O) groups excluding carboxylic acids is 1. The van der Waals surface area contributed by atoms with E-state index in [1.807, 2.05) is 0 Å². The average molecular weight is 407 g/mol. The van der Waals surface area contributed by atoms with Gasteiger partial charge in [-0.1, -0.05) is 6.07 Å². The van der Waals surface area contributed by atoms with E-state index in [0.717, 1.165) is 18.2 Å². The second-order valence-electron chi connectivity index (χ2n) is 6.38. The van der Waals surface area contributed by atoms with Crippen LogP contribution in [0.25, 0.3) is 10.8 Å². The second kappa shape index (κ2) is 7.94. The first kappa shape index (κ1) is 20.4. The summed E-state index contributed by atoms with van der Waals surface area (Å²) in [5.74, 6) is -4.58. The molecule has 2 N–H and O–H groups in total. The number of hydrogen-bond acceptors (Lipinski definition) is 2. The minimum absolute atomic E-state index is 0.0546. The third-order valence-electron chi connectivity index (χ3n) is 4.68. The first-order chi connectivity index (χ1) is 13.7. The van der Waals surface area contributed by atoms with Crippen molar-refractivity contribution in [2.75, 3.05) is 11.9 Å². The molecule has 0 aliphatic rings. The average Bonchev–Trinajstić information content (AvgIpc) is 2.68. The number of pyridine rings is 1. The van der Waals surface area contributed by atoms with Crippen molar-refractivity contribution in [2.45, 2.75) is 19.9 Å². The van der Waals surface area contributed by atoms with Gasteiger partial charge in [0.1, 0.15) is 0 Å². The Labute approximate surface area is 163 Å². The van der Waals surface area contributed by atoms with Crippen molar-refractivity contribution in [3.05, 3.63) is 75.7 Å². The van der Waals surface area contributed by atoms with Gasteiger partial charge in [-0.25, -0.2) is 22.4 Å². The second-order valence-corrected chi connectivity index (χ2v) is 6.38. The molecular weight excluding hydrogens is 390 g/mol. The first-order valence-corrected chi connectivity index (χ1v) is 8.76. The Morgan fingerprint density at radius 3 is 2.45 bits per heavy atom. The van der Waals surface area contributed by atoms with Crippen LogP contribution < -0.4 is 10.9 Å². The van der Waals surface area contributed by atoms with E-state index in [-0.39, 0.29) is 17.6 Å². The SMILES string of the molecule is CCN(C(=O)Nc1ccc(F)c(F)c1)C(C)c1c[nH]c(=O)c2c(F)c(F)ccc12. The van der Waals surface area contributed by atoms with Gasteiger partial charge in [-0.05, 0) is 43.0 Å². The number of nitrogens with one attached hydrogen (secondary N) is 2. The molecule has 29 heavy (non-hydrogen) atoms. The van der Waals surface area contributed by atoms with E-state index >= 15 is 0 Å². The molecule has 1 heterocycles. The number of rotatable bonds is 4. The Bertz CT molecular complexity index is 1150. The summed E-state index contributed by atoms with van der Waals surface area (Å²) in [6, 6.07) is 3.85. The molecule has 0 aliphatic heterocycles. The fraction of sp³-hybridized carbons (Fsp3) is 0.200. The Kier molecular flexibility index (Phi) is 5.58. The number of H-pyrrole nitrogens is 1. The van der Waals surface area contributed by atoms with Crippen molar-refractivity contribution in [1.82, 2.24) is 9.88 Å². The van der Waals surface area contributed by atoms with Gasteiger partial charge in [-0.2, -0.15) is 0 Å². The van der Waals surface area contributed by atoms with Gasteiger partial charge in [-0.15, -0.1) is 0 Å². The van der Waals surface area contributed by atoms with Crippen molar-refractivity contribution in [2.24, 2.45) is 0 Å². The maximum atomic E-state index is 14.1. The zero-order valence-electron chi connectivity index (χ0n) is 15.5. The summed E-state index contributed by atoms with van der Waals surface area (Å²) in [5, 5.41) is 2.19. The Morgan fingerprint density at radius 2 is 1.79 bits per heavy atom. The predicted octanol–water partition coefficient (Wildman–Crippen LogP) is 4.70. The molecule has 0 radical (unpaired) electrons. The minimum Gasteiger partial charge on any atom is -0.328 e. The number of hydrogen-bond donors (Lipinski definition) is 2. The molecule has 152 valence electrons. The van der Waals surface area contributed by atoms with Crippen LogP contribution in [-0.2, 0) is 0 Å². The molecule has 0 aliphatic carbocycles. The van der Waals surface area contributed by atoms with E-state index in [1.54, 1.807) is 13.8 Å². The molecule has 0 saturated heterocycles.